The van der Waals surface area contributed by atoms with Gasteiger partial charge in [-0.25, -0.2) is 4.39 Å². The molecular weight excluding hydrogens is 447 g/mol. The second-order valence-corrected chi connectivity index (χ2v) is 8.11. The van der Waals surface area contributed by atoms with Crippen molar-refractivity contribution in [1.82, 2.24) is 10.6 Å². The monoisotopic (exact) mass is 466 g/mol. The summed E-state index contributed by atoms with van der Waals surface area (Å²) in [6, 6.07) is 13.1. The number of aliphatic hydroxyl groups excluding tert-OH is 2. The molecule has 2 aromatic carbocycles. The number of rotatable bonds is 4. The number of carbonyl (C=O) groups excluding carboxylic acids is 1. The lowest BCUT2D eigenvalue weighted by Crippen LogP contribution is -2.54. The van der Waals surface area contributed by atoms with Gasteiger partial charge in [-0.3, -0.25) is 10.1 Å². The van der Waals surface area contributed by atoms with E-state index in [0.717, 1.165) is 0 Å². The molecule has 0 bridgehead atoms. The zero-order valence-corrected chi connectivity index (χ0v) is 17.3. The normalized spacial score (nSPS) is 24.0. The van der Waals surface area contributed by atoms with E-state index in [1.54, 1.807) is 42.5 Å². The molecule has 0 heterocycles. The van der Waals surface area contributed by atoms with Crippen LogP contribution in [0.15, 0.2) is 53.0 Å². The summed E-state index contributed by atoms with van der Waals surface area (Å²) in [5.74, 6) is -1.16. The summed E-state index contributed by atoms with van der Waals surface area (Å²) >= 11 is 8.53. The third-order valence-corrected chi connectivity index (χ3v) is 5.88. The van der Waals surface area contributed by atoms with Crippen molar-refractivity contribution in [2.24, 2.45) is 5.92 Å². The number of carbonyl (C=O) groups is 1. The zero-order chi connectivity index (χ0) is 20.3. The topological polar surface area (TPSA) is 81.6 Å². The van der Waals surface area contributed by atoms with Crippen LogP contribution in [0.2, 0.25) is 0 Å². The lowest BCUT2D eigenvalue weighted by Gasteiger charge is -2.37. The van der Waals surface area contributed by atoms with Gasteiger partial charge >= 0.3 is 0 Å². The van der Waals surface area contributed by atoms with Crippen molar-refractivity contribution < 1.29 is 19.4 Å². The standard InChI is InChI=1S/C20H20BrFN2O3S/c21-16-9-13(6-7-17(16)22)20(10-15(26)8-14(20)11-25)24-19(28)23-18(27)12-4-2-1-3-5-12/h1-7,9,14-15,25-26H,8,10-11H2,(H2,23,24,27,28). The third-order valence-electron chi connectivity index (χ3n) is 5.07. The summed E-state index contributed by atoms with van der Waals surface area (Å²) < 4.78 is 14.0. The maximum absolute atomic E-state index is 13.7. The average molecular weight is 467 g/mol. The second kappa shape index (κ2) is 8.65. The van der Waals surface area contributed by atoms with Crippen LogP contribution in [0.5, 0.6) is 0 Å². The molecule has 0 aliphatic heterocycles. The Kier molecular flexibility index (Phi) is 6.44. The number of benzene rings is 2. The largest absolute Gasteiger partial charge is 0.396 e. The predicted octanol–water partition coefficient (Wildman–Crippen LogP) is 2.85. The van der Waals surface area contributed by atoms with E-state index in [1.165, 1.54) is 6.07 Å². The van der Waals surface area contributed by atoms with Gasteiger partial charge < -0.3 is 15.5 Å². The number of nitrogens with one attached hydrogen (secondary N) is 2. The Morgan fingerprint density at radius 3 is 2.64 bits per heavy atom. The second-order valence-electron chi connectivity index (χ2n) is 6.85. The summed E-state index contributed by atoms with van der Waals surface area (Å²) in [6.45, 7) is -0.200. The molecule has 1 aliphatic carbocycles. The van der Waals surface area contributed by atoms with Crippen molar-refractivity contribution in [3.63, 3.8) is 0 Å². The number of hydrogen-bond donors (Lipinski definition) is 4. The molecule has 1 saturated carbocycles. The molecule has 148 valence electrons. The van der Waals surface area contributed by atoms with Crippen LogP contribution in [0, 0.1) is 11.7 Å². The van der Waals surface area contributed by atoms with Crippen LogP contribution in [-0.4, -0.2) is 33.9 Å². The third kappa shape index (κ3) is 4.25. The number of hydrogen-bond acceptors (Lipinski definition) is 4. The van der Waals surface area contributed by atoms with Gasteiger partial charge in [0.25, 0.3) is 5.91 Å². The van der Waals surface area contributed by atoms with E-state index in [0.29, 0.717) is 17.5 Å². The first-order valence-corrected chi connectivity index (χ1v) is 9.99. The summed E-state index contributed by atoms with van der Waals surface area (Å²) in [6.07, 6.45) is -0.0492. The molecule has 3 rings (SSSR count). The Morgan fingerprint density at radius 2 is 2.00 bits per heavy atom. The van der Waals surface area contributed by atoms with Gasteiger partial charge in [0.1, 0.15) is 5.82 Å². The van der Waals surface area contributed by atoms with Gasteiger partial charge in [0.2, 0.25) is 0 Å². The first-order valence-electron chi connectivity index (χ1n) is 8.78. The molecule has 0 aromatic heterocycles. The van der Waals surface area contributed by atoms with Gasteiger partial charge in [-0.05, 0) is 64.4 Å². The van der Waals surface area contributed by atoms with Crippen molar-refractivity contribution in [2.45, 2.75) is 24.5 Å². The Morgan fingerprint density at radius 1 is 1.29 bits per heavy atom. The zero-order valence-electron chi connectivity index (χ0n) is 14.9. The Labute approximate surface area is 176 Å². The van der Waals surface area contributed by atoms with Gasteiger partial charge in [0.15, 0.2) is 5.11 Å². The lowest BCUT2D eigenvalue weighted by molar-refractivity contribution is 0.0974. The van der Waals surface area contributed by atoms with Crippen molar-refractivity contribution in [1.29, 1.82) is 0 Å². The van der Waals surface area contributed by atoms with Gasteiger partial charge in [0.05, 0.1) is 16.1 Å². The Balaban J connectivity index is 1.88. The van der Waals surface area contributed by atoms with Crippen LogP contribution in [0.4, 0.5) is 4.39 Å². The van der Waals surface area contributed by atoms with Crippen LogP contribution >= 0.6 is 28.1 Å². The number of amides is 1. The van der Waals surface area contributed by atoms with Crippen LogP contribution in [0.25, 0.3) is 0 Å². The molecule has 8 heteroatoms. The van der Waals surface area contributed by atoms with Crippen molar-refractivity contribution in [2.75, 3.05) is 6.61 Å². The highest BCUT2D eigenvalue weighted by Gasteiger charge is 2.48. The highest BCUT2D eigenvalue weighted by Crippen LogP contribution is 2.44. The Bertz CT molecular complexity index is 883. The van der Waals surface area contributed by atoms with E-state index >= 15 is 0 Å². The summed E-state index contributed by atoms with van der Waals surface area (Å²) in [5.41, 5.74) is 0.175. The molecule has 1 aliphatic rings. The minimum absolute atomic E-state index is 0.0712. The Hall–Kier alpha value is -1.87. The summed E-state index contributed by atoms with van der Waals surface area (Å²) in [7, 11) is 0. The molecule has 1 fully saturated rings. The van der Waals surface area contributed by atoms with Gasteiger partial charge in [-0.2, -0.15) is 0 Å². The van der Waals surface area contributed by atoms with Crippen LogP contribution in [0.3, 0.4) is 0 Å². The maximum Gasteiger partial charge on any atom is 0.257 e. The van der Waals surface area contributed by atoms with E-state index in [1.807, 2.05) is 0 Å². The molecule has 2 aromatic rings. The molecule has 0 saturated heterocycles. The molecule has 5 nitrogen and oxygen atoms in total. The van der Waals surface area contributed by atoms with E-state index < -0.39 is 17.5 Å². The average Bonchev–Trinajstić information content (AvgIpc) is 3.00. The van der Waals surface area contributed by atoms with Gasteiger partial charge in [0, 0.05) is 24.5 Å². The SMILES string of the molecule is O=C(NC(=S)NC1(c2ccc(F)c(Br)c2)CC(O)CC1CO)c1ccccc1. The van der Waals surface area contributed by atoms with E-state index in [2.05, 4.69) is 26.6 Å². The molecule has 4 N–H and O–H groups in total. The molecule has 28 heavy (non-hydrogen) atoms. The van der Waals surface area contributed by atoms with Crippen LogP contribution in [0.1, 0.15) is 28.8 Å². The van der Waals surface area contributed by atoms with E-state index in [4.69, 9.17) is 12.2 Å². The van der Waals surface area contributed by atoms with E-state index in [9.17, 15) is 19.4 Å². The van der Waals surface area contributed by atoms with Crippen molar-refractivity contribution in [3.05, 3.63) is 69.9 Å². The predicted molar refractivity (Wildman–Crippen MR) is 111 cm³/mol. The lowest BCUT2D eigenvalue weighted by atomic mass is 9.80. The fourth-order valence-corrected chi connectivity index (χ4v) is 4.39. The number of halogens is 2. The minimum Gasteiger partial charge on any atom is -0.396 e. The summed E-state index contributed by atoms with van der Waals surface area (Å²) in [4.78, 5) is 12.4. The molecule has 0 radical (unpaired) electrons. The first kappa shape index (κ1) is 20.9. The highest BCUT2D eigenvalue weighted by atomic mass is 79.9. The van der Waals surface area contributed by atoms with Crippen molar-refractivity contribution >= 4 is 39.2 Å². The van der Waals surface area contributed by atoms with Gasteiger partial charge in [-0.1, -0.05) is 24.3 Å². The molecule has 0 spiro atoms. The highest BCUT2D eigenvalue weighted by molar-refractivity contribution is 9.10. The number of aliphatic hydroxyl groups is 2. The molecule has 3 unspecified atom stereocenters. The molecular formula is C20H20BrFN2O3S. The first-order chi connectivity index (χ1) is 13.4. The fourth-order valence-electron chi connectivity index (χ4n) is 3.73. The fraction of sp³-hybridized carbons (Fsp3) is 0.300. The van der Waals surface area contributed by atoms with E-state index in [-0.39, 0.29) is 34.4 Å². The van der Waals surface area contributed by atoms with Crippen LogP contribution in [-0.2, 0) is 5.54 Å². The minimum atomic E-state index is -0.939. The smallest absolute Gasteiger partial charge is 0.257 e. The maximum atomic E-state index is 13.7. The summed E-state index contributed by atoms with van der Waals surface area (Å²) in [5, 5.41) is 26.0. The number of thiocarbonyl (C=S) groups is 1. The quantitative estimate of drug-likeness (QED) is 0.520. The van der Waals surface area contributed by atoms with Crippen molar-refractivity contribution in [3.8, 4) is 0 Å². The van der Waals surface area contributed by atoms with Gasteiger partial charge in [-0.15, -0.1) is 0 Å². The van der Waals surface area contributed by atoms with Crippen LogP contribution < -0.4 is 10.6 Å². The molecule has 1 amide bonds. The molecule has 3 atom stereocenters.